The third-order valence-corrected chi connectivity index (χ3v) is 23.1. The molecule has 23 nitrogen and oxygen atoms in total. The van der Waals surface area contributed by atoms with Crippen molar-refractivity contribution in [3.05, 3.63) is 0 Å². The lowest BCUT2D eigenvalue weighted by molar-refractivity contribution is -0.386. The predicted octanol–water partition coefficient (Wildman–Crippen LogP) is 13.9. The van der Waals surface area contributed by atoms with E-state index in [0.29, 0.717) is 19.3 Å². The van der Waals surface area contributed by atoms with Crippen LogP contribution in [0.5, 0.6) is 0 Å². The second-order valence-corrected chi connectivity index (χ2v) is 32.8. The standard InChI is InChI=1S/C86H164N2O21/c1-4-6-8-10-12-14-16-18-20-22-24-26-28-30-31-32-33-34-35-36-38-40-42-44-46-48-50-52-54-56-58-60-73(96)88-67(68(93)59-57-55-53-51-49-47-45-43-41-39-37-29-27-25-23-21-19-17-15-13-11-9-7-5-2)65-104-83-78(100)77(99)80(72(64-91)106-83)107-84-79(101)82(76(98)71(63-90)105-84)109-86(85(102)103)61-69(94)74(87-66(3)92)81(108-86)75(97)70(95)62-89/h67-72,74-84,89-91,93-95,97-101H,4-65H2,1-3H3,(H,87,92)(H,88,96)(H,102,103). The van der Waals surface area contributed by atoms with Crippen LogP contribution in [0.15, 0.2) is 0 Å². The summed E-state index contributed by atoms with van der Waals surface area (Å²) >= 11 is 0. The van der Waals surface area contributed by atoms with E-state index >= 15 is 0 Å². The van der Waals surface area contributed by atoms with Gasteiger partial charge in [-0.1, -0.05) is 361 Å². The first-order valence-corrected chi connectivity index (χ1v) is 44.9. The summed E-state index contributed by atoms with van der Waals surface area (Å²) < 4.78 is 35.1. The summed E-state index contributed by atoms with van der Waals surface area (Å²) in [5.74, 6) is -6.08. The Bertz CT molecular complexity index is 2160. The largest absolute Gasteiger partial charge is 0.477 e. The molecule has 3 heterocycles. The number of carboxylic acids is 1. The van der Waals surface area contributed by atoms with E-state index in [9.17, 15) is 75.7 Å². The highest BCUT2D eigenvalue weighted by Gasteiger charge is 2.60. The number of aliphatic hydroxyl groups excluding tert-OH is 11. The summed E-state index contributed by atoms with van der Waals surface area (Å²) in [5, 5.41) is 137. The van der Waals surface area contributed by atoms with Crippen molar-refractivity contribution < 1.29 is 104 Å². The van der Waals surface area contributed by atoms with E-state index in [1.165, 1.54) is 295 Å². The maximum Gasteiger partial charge on any atom is 0.364 e. The van der Waals surface area contributed by atoms with Gasteiger partial charge in [-0.05, 0) is 12.8 Å². The minimum absolute atomic E-state index is 0.230. The summed E-state index contributed by atoms with van der Waals surface area (Å²) in [5.41, 5.74) is 0. The van der Waals surface area contributed by atoms with Crippen molar-refractivity contribution in [3.8, 4) is 0 Å². The van der Waals surface area contributed by atoms with Gasteiger partial charge in [-0.3, -0.25) is 9.59 Å². The number of carbonyl (C=O) groups is 3. The van der Waals surface area contributed by atoms with Gasteiger partial charge in [0.15, 0.2) is 12.6 Å². The van der Waals surface area contributed by atoms with E-state index in [2.05, 4.69) is 24.5 Å². The fourth-order valence-electron chi connectivity index (χ4n) is 16.0. The molecular weight excluding hydrogens is 1400 g/mol. The molecule has 0 aromatic carbocycles. The quantitative estimate of drug-likeness (QED) is 0.0252. The summed E-state index contributed by atoms with van der Waals surface area (Å²) in [6, 6.07) is -2.53. The summed E-state index contributed by atoms with van der Waals surface area (Å²) in [6.07, 6.45) is 42.5. The van der Waals surface area contributed by atoms with E-state index in [1.807, 2.05) is 0 Å². The summed E-state index contributed by atoms with van der Waals surface area (Å²) in [4.78, 5) is 38.8. The molecule has 0 spiro atoms. The lowest BCUT2D eigenvalue weighted by atomic mass is 9.88. The van der Waals surface area contributed by atoms with E-state index < -0.39 is 148 Å². The van der Waals surface area contributed by atoms with Gasteiger partial charge < -0.3 is 100 Å². The van der Waals surface area contributed by atoms with Crippen LogP contribution in [-0.2, 0) is 42.8 Å². The molecule has 18 unspecified atom stereocenters. The predicted molar refractivity (Wildman–Crippen MR) is 426 cm³/mol. The zero-order chi connectivity index (χ0) is 79.5. The van der Waals surface area contributed by atoms with Crippen LogP contribution < -0.4 is 10.6 Å². The van der Waals surface area contributed by atoms with Crippen molar-refractivity contribution in [2.75, 3.05) is 26.4 Å². The van der Waals surface area contributed by atoms with Gasteiger partial charge in [-0.25, -0.2) is 4.79 Å². The first-order valence-electron chi connectivity index (χ1n) is 44.9. The maximum absolute atomic E-state index is 13.6. The van der Waals surface area contributed by atoms with Gasteiger partial charge in [-0.2, -0.15) is 0 Å². The molecule has 3 fully saturated rings. The number of aliphatic hydroxyl groups is 11. The van der Waals surface area contributed by atoms with Crippen LogP contribution in [0.4, 0.5) is 0 Å². The zero-order valence-corrected chi connectivity index (χ0v) is 68.7. The molecule has 644 valence electrons. The first-order chi connectivity index (χ1) is 52.9. The molecule has 0 aromatic heterocycles. The molecule has 2 amide bonds. The van der Waals surface area contributed by atoms with Gasteiger partial charge >= 0.3 is 5.97 Å². The van der Waals surface area contributed by atoms with Crippen LogP contribution in [0.25, 0.3) is 0 Å². The van der Waals surface area contributed by atoms with Gasteiger partial charge in [0, 0.05) is 19.8 Å². The lowest BCUT2D eigenvalue weighted by Crippen LogP contribution is -2.70. The highest BCUT2D eigenvalue weighted by Crippen LogP contribution is 2.39. The van der Waals surface area contributed by atoms with Crippen LogP contribution >= 0.6 is 0 Å². The maximum atomic E-state index is 13.6. The number of amides is 2. The SMILES string of the molecule is CCCCCCCCCCCCCCCCCCCCCCCCCCCCCCCCCC(=O)NC(COC1OC(CO)C(OC2OC(CO)C(O)C(OC3(C(=O)O)CC(O)C(NC(C)=O)C(C(O)C(O)CO)O3)C2O)C(O)C1O)C(O)CCCCCCCCCCCCCCCCCCCCCCCCCC. The number of nitrogens with one attached hydrogen (secondary N) is 2. The van der Waals surface area contributed by atoms with Crippen molar-refractivity contribution in [1.82, 2.24) is 10.6 Å². The number of hydrogen-bond acceptors (Lipinski definition) is 20. The second kappa shape index (κ2) is 64.8. The highest BCUT2D eigenvalue weighted by atomic mass is 16.8. The molecular formula is C86H164N2O21. The number of aliphatic carboxylic acids is 1. The van der Waals surface area contributed by atoms with Crippen molar-refractivity contribution in [2.45, 2.75) is 503 Å². The Morgan fingerprint density at radius 2 is 0.798 bits per heavy atom. The van der Waals surface area contributed by atoms with Gasteiger partial charge in [0.1, 0.15) is 67.1 Å². The average Bonchev–Trinajstić information content (AvgIpc) is 0.753. The smallest absolute Gasteiger partial charge is 0.364 e. The molecule has 14 N–H and O–H groups in total. The minimum atomic E-state index is -3.08. The summed E-state index contributed by atoms with van der Waals surface area (Å²) in [7, 11) is 0. The third kappa shape index (κ3) is 44.0. The van der Waals surface area contributed by atoms with Gasteiger partial charge in [0.2, 0.25) is 11.8 Å². The number of unbranched alkanes of at least 4 members (excludes halogenated alkanes) is 53. The van der Waals surface area contributed by atoms with Crippen LogP contribution in [0.2, 0.25) is 0 Å². The molecule has 3 rings (SSSR count). The fraction of sp³-hybridized carbons (Fsp3) is 0.965. The van der Waals surface area contributed by atoms with Crippen LogP contribution in [0, 0.1) is 0 Å². The normalized spacial score (nSPS) is 25.7. The van der Waals surface area contributed by atoms with E-state index in [1.54, 1.807) is 0 Å². The Morgan fingerprint density at radius 3 is 1.15 bits per heavy atom. The fourth-order valence-corrected chi connectivity index (χ4v) is 16.0. The molecule has 3 saturated heterocycles. The highest BCUT2D eigenvalue weighted by molar-refractivity contribution is 5.77. The monoisotopic (exact) mass is 1560 g/mol. The van der Waals surface area contributed by atoms with Crippen molar-refractivity contribution in [3.63, 3.8) is 0 Å². The average molecular weight is 1560 g/mol. The van der Waals surface area contributed by atoms with E-state index in [0.717, 1.165) is 51.9 Å². The minimum Gasteiger partial charge on any atom is -0.477 e. The van der Waals surface area contributed by atoms with Crippen molar-refractivity contribution >= 4 is 17.8 Å². The lowest BCUT2D eigenvalue weighted by Gasteiger charge is -2.50. The van der Waals surface area contributed by atoms with E-state index in [4.69, 9.17) is 28.4 Å². The molecule has 3 aliphatic rings. The number of hydrogen-bond donors (Lipinski definition) is 14. The summed E-state index contributed by atoms with van der Waals surface area (Å²) in [6.45, 7) is 2.29. The number of carboxylic acid groups (broad SMARTS) is 1. The Labute approximate surface area is 659 Å². The topological polar surface area (TPSA) is 373 Å². The van der Waals surface area contributed by atoms with Gasteiger partial charge in [-0.15, -0.1) is 0 Å². The van der Waals surface area contributed by atoms with E-state index in [-0.39, 0.29) is 18.9 Å². The number of ether oxygens (including phenoxy) is 6. The first kappa shape index (κ1) is 101. The molecule has 0 bridgehead atoms. The molecule has 0 aromatic rings. The molecule has 0 saturated carbocycles. The Hall–Kier alpha value is -2.27. The number of carbonyl (C=O) groups excluding carboxylic acids is 2. The Morgan fingerprint density at radius 1 is 0.440 bits per heavy atom. The molecule has 23 heteroatoms. The van der Waals surface area contributed by atoms with Crippen LogP contribution in [0.1, 0.15) is 393 Å². The number of rotatable bonds is 73. The Balaban J connectivity index is 1.45. The van der Waals surface area contributed by atoms with Gasteiger partial charge in [0.25, 0.3) is 5.79 Å². The van der Waals surface area contributed by atoms with Crippen molar-refractivity contribution in [1.29, 1.82) is 0 Å². The third-order valence-electron chi connectivity index (χ3n) is 23.1. The molecule has 0 radical (unpaired) electrons. The molecule has 109 heavy (non-hydrogen) atoms. The second-order valence-electron chi connectivity index (χ2n) is 32.8. The van der Waals surface area contributed by atoms with Crippen molar-refractivity contribution in [2.24, 2.45) is 0 Å². The molecule has 3 aliphatic heterocycles. The van der Waals surface area contributed by atoms with Gasteiger partial charge in [0.05, 0.1) is 50.7 Å². The molecule has 0 aliphatic carbocycles. The molecule has 18 atom stereocenters. The Kier molecular flexibility index (Phi) is 60.0. The zero-order valence-electron chi connectivity index (χ0n) is 68.7. The van der Waals surface area contributed by atoms with Crippen LogP contribution in [0.3, 0.4) is 0 Å². The van der Waals surface area contributed by atoms with Crippen LogP contribution in [-0.4, -0.2) is 215 Å².